The standard InChI is InChI=1S/C13H25N5/c1-5-6-8-18(4)13-10-12(15-11-16-13)14-7-9-17(2)3/h10-11H,5-9H2,1-4H3,(H,14,15,16). The van der Waals surface area contributed by atoms with Crippen molar-refractivity contribution < 1.29 is 0 Å². The quantitative estimate of drug-likeness (QED) is 0.761. The van der Waals surface area contributed by atoms with Crippen molar-refractivity contribution in [3.05, 3.63) is 12.4 Å². The molecule has 0 unspecified atom stereocenters. The fourth-order valence-corrected chi connectivity index (χ4v) is 1.57. The van der Waals surface area contributed by atoms with Gasteiger partial charge in [-0.25, -0.2) is 9.97 Å². The van der Waals surface area contributed by atoms with Crippen LogP contribution in [-0.2, 0) is 0 Å². The van der Waals surface area contributed by atoms with Crippen LogP contribution < -0.4 is 10.2 Å². The van der Waals surface area contributed by atoms with Gasteiger partial charge in [-0.1, -0.05) is 13.3 Å². The second kappa shape index (κ2) is 7.87. The molecule has 1 aromatic heterocycles. The average molecular weight is 251 g/mol. The molecular weight excluding hydrogens is 226 g/mol. The first-order chi connectivity index (χ1) is 8.63. The van der Waals surface area contributed by atoms with Crippen LogP contribution in [0.5, 0.6) is 0 Å². The molecule has 0 saturated heterocycles. The SMILES string of the molecule is CCCCN(C)c1cc(NCCN(C)C)ncn1. The van der Waals surface area contributed by atoms with E-state index in [0.717, 1.165) is 31.3 Å². The number of likely N-dealkylation sites (N-methyl/N-ethyl adjacent to an activating group) is 1. The Labute approximate surface area is 110 Å². The first-order valence-corrected chi connectivity index (χ1v) is 6.55. The molecule has 0 atom stereocenters. The lowest BCUT2D eigenvalue weighted by atomic mass is 10.3. The van der Waals surface area contributed by atoms with Crippen molar-refractivity contribution in [1.29, 1.82) is 0 Å². The fourth-order valence-electron chi connectivity index (χ4n) is 1.57. The Bertz CT molecular complexity index is 340. The van der Waals surface area contributed by atoms with Gasteiger partial charge in [0.25, 0.3) is 0 Å². The Morgan fingerprint density at radius 1 is 1.17 bits per heavy atom. The van der Waals surface area contributed by atoms with Gasteiger partial charge in [0, 0.05) is 32.7 Å². The van der Waals surface area contributed by atoms with E-state index in [0.29, 0.717) is 0 Å². The van der Waals surface area contributed by atoms with Gasteiger partial charge in [-0.3, -0.25) is 0 Å². The summed E-state index contributed by atoms with van der Waals surface area (Å²) in [6.07, 6.45) is 4.00. The van der Waals surface area contributed by atoms with Crippen LogP contribution in [0.1, 0.15) is 19.8 Å². The molecule has 0 fully saturated rings. The number of unbranched alkanes of at least 4 members (excludes halogenated alkanes) is 1. The van der Waals surface area contributed by atoms with E-state index >= 15 is 0 Å². The number of hydrogen-bond acceptors (Lipinski definition) is 5. The summed E-state index contributed by atoms with van der Waals surface area (Å²) in [4.78, 5) is 12.8. The molecule has 102 valence electrons. The second-order valence-corrected chi connectivity index (χ2v) is 4.77. The summed E-state index contributed by atoms with van der Waals surface area (Å²) in [6, 6.07) is 2.01. The molecule has 0 saturated carbocycles. The number of aromatic nitrogens is 2. The Morgan fingerprint density at radius 2 is 1.94 bits per heavy atom. The molecule has 5 heteroatoms. The Balaban J connectivity index is 2.50. The summed E-state index contributed by atoms with van der Waals surface area (Å²) in [5.41, 5.74) is 0. The molecule has 0 spiro atoms. The number of hydrogen-bond donors (Lipinski definition) is 1. The van der Waals surface area contributed by atoms with E-state index in [1.54, 1.807) is 6.33 Å². The van der Waals surface area contributed by atoms with Crippen LogP contribution in [0.3, 0.4) is 0 Å². The number of nitrogens with zero attached hydrogens (tertiary/aromatic N) is 4. The van der Waals surface area contributed by atoms with E-state index in [4.69, 9.17) is 0 Å². The highest BCUT2D eigenvalue weighted by Crippen LogP contribution is 2.12. The summed E-state index contributed by atoms with van der Waals surface area (Å²) >= 11 is 0. The molecule has 1 rings (SSSR count). The molecule has 0 bridgehead atoms. The van der Waals surface area contributed by atoms with Gasteiger partial charge in [0.15, 0.2) is 0 Å². The van der Waals surface area contributed by atoms with Crippen molar-refractivity contribution in [3.8, 4) is 0 Å². The lowest BCUT2D eigenvalue weighted by Crippen LogP contribution is -2.22. The molecule has 18 heavy (non-hydrogen) atoms. The summed E-state index contributed by atoms with van der Waals surface area (Å²) in [6.45, 7) is 5.11. The third-order valence-corrected chi connectivity index (χ3v) is 2.76. The second-order valence-electron chi connectivity index (χ2n) is 4.77. The van der Waals surface area contributed by atoms with Gasteiger partial charge in [0.2, 0.25) is 0 Å². The van der Waals surface area contributed by atoms with Gasteiger partial charge in [-0.2, -0.15) is 0 Å². The van der Waals surface area contributed by atoms with Crippen molar-refractivity contribution in [1.82, 2.24) is 14.9 Å². The highest BCUT2D eigenvalue weighted by atomic mass is 15.2. The summed E-state index contributed by atoms with van der Waals surface area (Å²) in [5, 5.41) is 3.31. The molecule has 1 aromatic rings. The van der Waals surface area contributed by atoms with E-state index in [2.05, 4.69) is 53.2 Å². The minimum atomic E-state index is 0.891. The van der Waals surface area contributed by atoms with Gasteiger partial charge in [-0.05, 0) is 20.5 Å². The van der Waals surface area contributed by atoms with Crippen LogP contribution in [0.2, 0.25) is 0 Å². The zero-order valence-electron chi connectivity index (χ0n) is 12.0. The van der Waals surface area contributed by atoms with E-state index < -0.39 is 0 Å². The largest absolute Gasteiger partial charge is 0.369 e. The molecule has 0 amide bonds. The minimum Gasteiger partial charge on any atom is -0.369 e. The van der Waals surface area contributed by atoms with Crippen LogP contribution in [-0.4, -0.2) is 55.6 Å². The average Bonchev–Trinajstić information content (AvgIpc) is 2.36. The zero-order valence-corrected chi connectivity index (χ0v) is 12.0. The van der Waals surface area contributed by atoms with E-state index in [1.165, 1.54) is 12.8 Å². The first kappa shape index (κ1) is 14.7. The predicted octanol–water partition coefficient (Wildman–Crippen LogP) is 1.69. The van der Waals surface area contributed by atoms with Gasteiger partial charge in [-0.15, -0.1) is 0 Å². The molecule has 0 aliphatic heterocycles. The van der Waals surface area contributed by atoms with Crippen molar-refractivity contribution in [2.75, 3.05) is 51.0 Å². The molecule has 0 aromatic carbocycles. The third-order valence-electron chi connectivity index (χ3n) is 2.76. The maximum absolute atomic E-state index is 4.30. The van der Waals surface area contributed by atoms with Crippen LogP contribution in [0.15, 0.2) is 12.4 Å². The minimum absolute atomic E-state index is 0.891. The fraction of sp³-hybridized carbons (Fsp3) is 0.692. The monoisotopic (exact) mass is 251 g/mol. The normalized spacial score (nSPS) is 10.7. The number of rotatable bonds is 8. The molecule has 0 aliphatic rings. The first-order valence-electron chi connectivity index (χ1n) is 6.55. The van der Waals surface area contributed by atoms with Crippen molar-refractivity contribution >= 4 is 11.6 Å². The topological polar surface area (TPSA) is 44.3 Å². The zero-order chi connectivity index (χ0) is 13.4. The molecule has 1 heterocycles. The molecule has 0 aliphatic carbocycles. The number of anilines is 2. The maximum Gasteiger partial charge on any atom is 0.133 e. The van der Waals surface area contributed by atoms with Crippen molar-refractivity contribution in [2.45, 2.75) is 19.8 Å². The lowest BCUT2D eigenvalue weighted by Gasteiger charge is -2.18. The molecular formula is C13H25N5. The van der Waals surface area contributed by atoms with Crippen LogP contribution in [0.25, 0.3) is 0 Å². The predicted molar refractivity (Wildman–Crippen MR) is 77.3 cm³/mol. The maximum atomic E-state index is 4.30. The Kier molecular flexibility index (Phi) is 6.43. The van der Waals surface area contributed by atoms with Crippen LogP contribution >= 0.6 is 0 Å². The van der Waals surface area contributed by atoms with Gasteiger partial charge in [0.05, 0.1) is 0 Å². The summed E-state index contributed by atoms with van der Waals surface area (Å²) < 4.78 is 0. The Hall–Kier alpha value is -1.36. The van der Waals surface area contributed by atoms with E-state index in [1.807, 2.05) is 6.07 Å². The van der Waals surface area contributed by atoms with Gasteiger partial charge >= 0.3 is 0 Å². The Morgan fingerprint density at radius 3 is 2.61 bits per heavy atom. The molecule has 1 N–H and O–H groups in total. The van der Waals surface area contributed by atoms with Gasteiger partial charge in [0.1, 0.15) is 18.0 Å². The van der Waals surface area contributed by atoms with Crippen molar-refractivity contribution in [2.24, 2.45) is 0 Å². The van der Waals surface area contributed by atoms with Gasteiger partial charge < -0.3 is 15.1 Å². The number of nitrogens with one attached hydrogen (secondary N) is 1. The van der Waals surface area contributed by atoms with Crippen molar-refractivity contribution in [3.63, 3.8) is 0 Å². The molecule has 0 radical (unpaired) electrons. The van der Waals surface area contributed by atoms with E-state index in [9.17, 15) is 0 Å². The summed E-state index contributed by atoms with van der Waals surface area (Å²) in [7, 11) is 6.19. The highest BCUT2D eigenvalue weighted by molar-refractivity contribution is 5.47. The van der Waals surface area contributed by atoms with Crippen LogP contribution in [0.4, 0.5) is 11.6 Å². The van der Waals surface area contributed by atoms with E-state index in [-0.39, 0.29) is 0 Å². The van der Waals surface area contributed by atoms with Crippen LogP contribution in [0, 0.1) is 0 Å². The molecule has 5 nitrogen and oxygen atoms in total. The smallest absolute Gasteiger partial charge is 0.133 e. The third kappa shape index (κ3) is 5.31. The highest BCUT2D eigenvalue weighted by Gasteiger charge is 2.03. The lowest BCUT2D eigenvalue weighted by molar-refractivity contribution is 0.425. The summed E-state index contributed by atoms with van der Waals surface area (Å²) in [5.74, 6) is 1.87.